The number of aliphatic hydroxyl groups is 1. The summed E-state index contributed by atoms with van der Waals surface area (Å²) in [6.07, 6.45) is 0.853. The largest absolute Gasteiger partial charge is 0.495 e. The molecule has 1 aliphatic carbocycles. The summed E-state index contributed by atoms with van der Waals surface area (Å²) in [4.78, 5) is 0.0730. The van der Waals surface area contributed by atoms with Gasteiger partial charge in [0.05, 0.1) is 7.11 Å². The molecule has 2 rings (SSSR count). The van der Waals surface area contributed by atoms with E-state index in [1.807, 2.05) is 6.92 Å². The second-order valence-electron chi connectivity index (χ2n) is 4.77. The van der Waals surface area contributed by atoms with Gasteiger partial charge in [-0.05, 0) is 30.5 Å². The van der Waals surface area contributed by atoms with Crippen molar-refractivity contribution in [3.63, 3.8) is 0 Å². The van der Waals surface area contributed by atoms with Crippen molar-refractivity contribution in [2.24, 2.45) is 5.92 Å². The van der Waals surface area contributed by atoms with E-state index in [0.29, 0.717) is 11.5 Å². The van der Waals surface area contributed by atoms with E-state index in [9.17, 15) is 8.42 Å². The smallest absolute Gasteiger partial charge is 0.244 e. The molecule has 2 unspecified atom stereocenters. The first-order valence-corrected chi connectivity index (χ1v) is 7.76. The van der Waals surface area contributed by atoms with Crippen molar-refractivity contribution in [1.82, 2.24) is 4.72 Å². The first kappa shape index (κ1) is 14.9. The molecular weight excluding hydrogens is 278 g/mol. The van der Waals surface area contributed by atoms with Crippen LogP contribution >= 0.6 is 0 Å². The molecule has 2 N–H and O–H groups in total. The fourth-order valence-corrected chi connectivity index (χ4v) is 3.41. The van der Waals surface area contributed by atoms with Gasteiger partial charge >= 0.3 is 0 Å². The quantitative estimate of drug-likeness (QED) is 0.803. The zero-order valence-electron chi connectivity index (χ0n) is 11.4. The molecule has 2 atom stereocenters. The molecule has 5 nitrogen and oxygen atoms in total. The van der Waals surface area contributed by atoms with Gasteiger partial charge in [0, 0.05) is 11.6 Å². The van der Waals surface area contributed by atoms with E-state index >= 15 is 0 Å². The zero-order valence-corrected chi connectivity index (χ0v) is 12.2. The van der Waals surface area contributed by atoms with Crippen molar-refractivity contribution in [3.8, 4) is 17.6 Å². The number of benzene rings is 1. The van der Waals surface area contributed by atoms with Gasteiger partial charge < -0.3 is 9.84 Å². The van der Waals surface area contributed by atoms with Gasteiger partial charge in [-0.2, -0.15) is 0 Å². The van der Waals surface area contributed by atoms with Crippen molar-refractivity contribution in [2.75, 3.05) is 13.7 Å². The highest BCUT2D eigenvalue weighted by molar-refractivity contribution is 7.89. The van der Waals surface area contributed by atoms with Crippen LogP contribution in [-0.4, -0.2) is 33.3 Å². The molecule has 0 radical (unpaired) electrons. The fraction of sp³-hybridized carbons (Fsp3) is 0.429. The Labute approximate surface area is 119 Å². The van der Waals surface area contributed by atoms with Crippen molar-refractivity contribution < 1.29 is 18.3 Å². The van der Waals surface area contributed by atoms with E-state index in [4.69, 9.17) is 9.84 Å². The van der Waals surface area contributed by atoms with Crippen LogP contribution in [0.25, 0.3) is 0 Å². The van der Waals surface area contributed by atoms with Crippen molar-refractivity contribution in [2.45, 2.75) is 24.3 Å². The number of hydrogen-bond donors (Lipinski definition) is 2. The molecule has 0 heterocycles. The Bertz CT molecular complexity index is 657. The van der Waals surface area contributed by atoms with Crippen molar-refractivity contribution in [1.29, 1.82) is 0 Å². The lowest BCUT2D eigenvalue weighted by Crippen LogP contribution is -2.27. The average molecular weight is 295 g/mol. The summed E-state index contributed by atoms with van der Waals surface area (Å²) in [6, 6.07) is 4.67. The van der Waals surface area contributed by atoms with Crippen LogP contribution in [0.2, 0.25) is 0 Å². The van der Waals surface area contributed by atoms with Crippen LogP contribution < -0.4 is 9.46 Å². The summed E-state index contributed by atoms with van der Waals surface area (Å²) in [6.45, 7) is 1.72. The Morgan fingerprint density at radius 2 is 2.20 bits per heavy atom. The van der Waals surface area contributed by atoms with Crippen LogP contribution in [0.5, 0.6) is 5.75 Å². The second-order valence-corrected chi connectivity index (χ2v) is 6.45. The molecule has 108 valence electrons. The molecule has 1 aromatic rings. The third-order valence-corrected chi connectivity index (χ3v) is 4.69. The van der Waals surface area contributed by atoms with Crippen molar-refractivity contribution in [3.05, 3.63) is 23.8 Å². The van der Waals surface area contributed by atoms with Gasteiger partial charge in [-0.25, -0.2) is 13.1 Å². The highest BCUT2D eigenvalue weighted by Crippen LogP contribution is 2.32. The molecule has 20 heavy (non-hydrogen) atoms. The molecule has 1 fully saturated rings. The number of hydrogen-bond acceptors (Lipinski definition) is 4. The van der Waals surface area contributed by atoms with Gasteiger partial charge in [-0.3, -0.25) is 0 Å². The molecule has 0 aliphatic heterocycles. The van der Waals surface area contributed by atoms with E-state index in [2.05, 4.69) is 16.6 Å². The lowest BCUT2D eigenvalue weighted by molar-refractivity contribution is 0.350. The monoisotopic (exact) mass is 295 g/mol. The minimum atomic E-state index is -3.63. The Morgan fingerprint density at radius 1 is 1.50 bits per heavy atom. The van der Waals surface area contributed by atoms with Crippen LogP contribution in [0, 0.1) is 17.8 Å². The molecule has 0 bridgehead atoms. The Morgan fingerprint density at radius 3 is 2.75 bits per heavy atom. The number of aliphatic hydroxyl groups excluding tert-OH is 1. The molecule has 0 saturated heterocycles. The van der Waals surface area contributed by atoms with E-state index < -0.39 is 10.0 Å². The molecule has 1 aromatic carbocycles. The van der Waals surface area contributed by atoms with Gasteiger partial charge in [0.2, 0.25) is 10.0 Å². The Kier molecular flexibility index (Phi) is 4.33. The highest BCUT2D eigenvalue weighted by Gasteiger charge is 2.37. The van der Waals surface area contributed by atoms with Crippen molar-refractivity contribution >= 4 is 10.0 Å². The third kappa shape index (κ3) is 3.31. The van der Waals surface area contributed by atoms with Crippen LogP contribution in [0.4, 0.5) is 0 Å². The lowest BCUT2D eigenvalue weighted by Gasteiger charge is -2.11. The summed E-state index contributed by atoms with van der Waals surface area (Å²) in [5.41, 5.74) is 0.518. The predicted octanol–water partition coefficient (Wildman–Crippen LogP) is 0.726. The minimum Gasteiger partial charge on any atom is -0.495 e. The van der Waals surface area contributed by atoms with Gasteiger partial charge in [-0.1, -0.05) is 18.8 Å². The van der Waals surface area contributed by atoms with Crippen LogP contribution in [0.1, 0.15) is 18.9 Å². The maximum absolute atomic E-state index is 12.3. The minimum absolute atomic E-state index is 0.00288. The lowest BCUT2D eigenvalue weighted by atomic mass is 10.2. The molecule has 6 heteroatoms. The van der Waals surface area contributed by atoms with E-state index in [0.717, 1.165) is 6.42 Å². The topological polar surface area (TPSA) is 75.6 Å². The maximum Gasteiger partial charge on any atom is 0.244 e. The standard InChI is InChI=1S/C14H17NO4S/c1-10-8-12(10)15-20(17,18)14-9-11(4-3-7-16)5-6-13(14)19-2/h5-6,9-10,12,15-16H,7-8H2,1-2H3. The summed E-state index contributed by atoms with van der Waals surface area (Å²) in [5, 5.41) is 8.68. The maximum atomic E-state index is 12.3. The number of ether oxygens (including phenoxy) is 1. The van der Waals surface area contributed by atoms with E-state index in [1.54, 1.807) is 12.1 Å². The van der Waals surface area contributed by atoms with Crippen LogP contribution in [0.3, 0.4) is 0 Å². The molecule has 0 spiro atoms. The fourth-order valence-electron chi connectivity index (χ4n) is 1.86. The molecular formula is C14H17NO4S. The third-order valence-electron chi connectivity index (χ3n) is 3.18. The van der Waals surface area contributed by atoms with Gasteiger partial charge in [0.25, 0.3) is 0 Å². The normalized spacial score (nSPS) is 20.9. The molecule has 0 amide bonds. The number of methoxy groups -OCH3 is 1. The summed E-state index contributed by atoms with van der Waals surface area (Å²) in [7, 11) is -2.20. The van der Waals surface area contributed by atoms with Crippen LogP contribution in [-0.2, 0) is 10.0 Å². The highest BCUT2D eigenvalue weighted by atomic mass is 32.2. The molecule has 0 aromatic heterocycles. The zero-order chi connectivity index (χ0) is 14.8. The summed E-state index contributed by atoms with van der Waals surface area (Å²) < 4.78 is 32.4. The molecule has 1 saturated carbocycles. The first-order chi connectivity index (χ1) is 9.47. The Balaban J connectivity index is 2.36. The van der Waals surface area contributed by atoms with Gasteiger partial charge in [0.1, 0.15) is 17.3 Å². The number of rotatable bonds is 4. The second kappa shape index (κ2) is 5.83. The van der Waals surface area contributed by atoms with Crippen LogP contribution in [0.15, 0.2) is 23.1 Å². The Hall–Kier alpha value is -1.55. The van der Waals surface area contributed by atoms with E-state index in [-0.39, 0.29) is 23.3 Å². The van der Waals surface area contributed by atoms with Gasteiger partial charge in [-0.15, -0.1) is 0 Å². The number of nitrogens with one attached hydrogen (secondary N) is 1. The number of sulfonamides is 1. The van der Waals surface area contributed by atoms with E-state index in [1.165, 1.54) is 13.2 Å². The SMILES string of the molecule is COc1ccc(C#CCO)cc1S(=O)(=O)NC1CC1C. The summed E-state index contributed by atoms with van der Waals surface area (Å²) in [5.74, 6) is 5.83. The first-order valence-electron chi connectivity index (χ1n) is 6.28. The molecule has 1 aliphatic rings. The van der Waals surface area contributed by atoms with Gasteiger partial charge in [0.15, 0.2) is 0 Å². The summed E-state index contributed by atoms with van der Waals surface area (Å²) >= 11 is 0. The average Bonchev–Trinajstić information content (AvgIpc) is 3.10. The predicted molar refractivity (Wildman–Crippen MR) is 74.8 cm³/mol.